The maximum absolute atomic E-state index is 12.3. The third kappa shape index (κ3) is 1.92. The highest BCUT2D eigenvalue weighted by Crippen LogP contribution is 2.39. The molecule has 0 radical (unpaired) electrons. The van der Waals surface area contributed by atoms with Gasteiger partial charge in [-0.1, -0.05) is 26.0 Å². The maximum atomic E-state index is 12.3. The fourth-order valence-electron chi connectivity index (χ4n) is 2.76. The van der Waals surface area contributed by atoms with Crippen molar-refractivity contribution >= 4 is 5.78 Å². The van der Waals surface area contributed by atoms with Crippen molar-refractivity contribution in [3.8, 4) is 17.0 Å². The van der Waals surface area contributed by atoms with E-state index in [4.69, 9.17) is 4.74 Å². The molecule has 1 aromatic heterocycles. The molecule has 1 aliphatic rings. The zero-order valence-corrected chi connectivity index (χ0v) is 12.0. The zero-order chi connectivity index (χ0) is 14.3. The van der Waals surface area contributed by atoms with E-state index in [1.54, 1.807) is 7.11 Å². The summed E-state index contributed by atoms with van der Waals surface area (Å²) >= 11 is 0. The number of ketones is 1. The number of methoxy groups -OCH3 is 1. The van der Waals surface area contributed by atoms with E-state index < -0.39 is 0 Å². The van der Waals surface area contributed by atoms with Gasteiger partial charge in [0.05, 0.1) is 18.4 Å². The predicted molar refractivity (Wildman–Crippen MR) is 77.2 cm³/mol. The highest BCUT2D eigenvalue weighted by molar-refractivity contribution is 6.04. The molecule has 0 aliphatic heterocycles. The van der Waals surface area contributed by atoms with Crippen LogP contribution in [-0.4, -0.2) is 23.1 Å². The second-order valence-corrected chi connectivity index (χ2v) is 5.86. The van der Waals surface area contributed by atoms with Crippen molar-refractivity contribution in [1.82, 2.24) is 10.2 Å². The molecule has 0 bridgehead atoms. The van der Waals surface area contributed by atoms with Gasteiger partial charge in [0.2, 0.25) is 0 Å². The Morgan fingerprint density at radius 1 is 1.35 bits per heavy atom. The Labute approximate surface area is 118 Å². The summed E-state index contributed by atoms with van der Waals surface area (Å²) in [4.78, 5) is 12.3. The number of aromatic amines is 1. The van der Waals surface area contributed by atoms with Crippen molar-refractivity contribution in [3.63, 3.8) is 0 Å². The summed E-state index contributed by atoms with van der Waals surface area (Å²) in [5.41, 5.74) is 3.30. The minimum atomic E-state index is -0.0344. The number of benzene rings is 1. The molecule has 0 amide bonds. The third-order valence-electron chi connectivity index (χ3n) is 4.04. The van der Waals surface area contributed by atoms with Gasteiger partial charge in [-0.3, -0.25) is 9.89 Å². The van der Waals surface area contributed by atoms with E-state index in [0.29, 0.717) is 6.42 Å². The number of hydrogen-bond acceptors (Lipinski definition) is 3. The summed E-state index contributed by atoms with van der Waals surface area (Å²) < 4.78 is 5.24. The van der Waals surface area contributed by atoms with Gasteiger partial charge in [-0.2, -0.15) is 5.10 Å². The average Bonchev–Trinajstić information content (AvgIpc) is 2.90. The average molecular weight is 270 g/mol. The van der Waals surface area contributed by atoms with Crippen molar-refractivity contribution in [3.05, 3.63) is 35.5 Å². The van der Waals surface area contributed by atoms with Gasteiger partial charge in [-0.05, 0) is 18.6 Å². The normalized spacial score (nSPS) is 16.9. The van der Waals surface area contributed by atoms with Crippen LogP contribution in [0.5, 0.6) is 5.75 Å². The van der Waals surface area contributed by atoms with Crippen LogP contribution in [0.15, 0.2) is 24.3 Å². The Hall–Kier alpha value is -2.10. The lowest BCUT2D eigenvalue weighted by atomic mass is 9.75. The van der Waals surface area contributed by atoms with Crippen LogP contribution in [0.1, 0.15) is 42.7 Å². The lowest BCUT2D eigenvalue weighted by molar-refractivity contribution is 0.0957. The Morgan fingerprint density at radius 3 is 2.90 bits per heavy atom. The molecule has 20 heavy (non-hydrogen) atoms. The Balaban J connectivity index is 2.17. The van der Waals surface area contributed by atoms with Crippen LogP contribution in [0.3, 0.4) is 0 Å². The predicted octanol–water partition coefficient (Wildman–Crippen LogP) is 3.34. The molecule has 3 rings (SSSR count). The van der Waals surface area contributed by atoms with E-state index in [2.05, 4.69) is 24.0 Å². The molecule has 1 aliphatic carbocycles. The van der Waals surface area contributed by atoms with Gasteiger partial charge in [-0.25, -0.2) is 0 Å². The SMILES string of the molecule is COc1cccc(-c2n[nH]c3c2C(=O)CCC3(C)C)c1. The van der Waals surface area contributed by atoms with Crippen LogP contribution in [0.2, 0.25) is 0 Å². The third-order valence-corrected chi connectivity index (χ3v) is 4.04. The first-order chi connectivity index (χ1) is 9.53. The topological polar surface area (TPSA) is 55.0 Å². The van der Waals surface area contributed by atoms with Gasteiger partial charge in [0.25, 0.3) is 0 Å². The Morgan fingerprint density at radius 2 is 2.15 bits per heavy atom. The summed E-state index contributed by atoms with van der Waals surface area (Å²) in [7, 11) is 1.63. The molecule has 0 fully saturated rings. The highest BCUT2D eigenvalue weighted by atomic mass is 16.5. The molecule has 104 valence electrons. The molecule has 0 saturated heterocycles. The van der Waals surface area contributed by atoms with Crippen molar-refractivity contribution in [1.29, 1.82) is 0 Å². The summed E-state index contributed by atoms with van der Waals surface area (Å²) in [5, 5.41) is 7.46. The van der Waals surface area contributed by atoms with Crippen molar-refractivity contribution in [2.24, 2.45) is 0 Å². The first kappa shape index (κ1) is 12.9. The van der Waals surface area contributed by atoms with Gasteiger partial charge in [0.15, 0.2) is 5.78 Å². The molecule has 1 N–H and O–H groups in total. The van der Waals surface area contributed by atoms with Gasteiger partial charge in [-0.15, -0.1) is 0 Å². The van der Waals surface area contributed by atoms with Crippen molar-refractivity contribution in [2.75, 3.05) is 7.11 Å². The maximum Gasteiger partial charge on any atom is 0.167 e. The minimum absolute atomic E-state index is 0.0344. The quantitative estimate of drug-likeness (QED) is 0.910. The number of nitrogens with zero attached hydrogens (tertiary/aromatic N) is 1. The van der Waals surface area contributed by atoms with Gasteiger partial charge >= 0.3 is 0 Å². The second-order valence-electron chi connectivity index (χ2n) is 5.86. The highest BCUT2D eigenvalue weighted by Gasteiger charge is 2.36. The van der Waals surface area contributed by atoms with Gasteiger partial charge in [0, 0.05) is 17.4 Å². The van der Waals surface area contributed by atoms with Crippen LogP contribution >= 0.6 is 0 Å². The van der Waals surface area contributed by atoms with Crippen LogP contribution in [-0.2, 0) is 5.41 Å². The molecule has 0 spiro atoms. The number of aromatic nitrogens is 2. The first-order valence-corrected chi connectivity index (χ1v) is 6.79. The number of carbonyl (C=O) groups excluding carboxylic acids is 1. The smallest absolute Gasteiger partial charge is 0.167 e. The van der Waals surface area contributed by atoms with Gasteiger partial charge in [0.1, 0.15) is 11.4 Å². The number of ether oxygens (including phenoxy) is 1. The Kier molecular flexibility index (Phi) is 2.89. The lowest BCUT2D eigenvalue weighted by Crippen LogP contribution is -2.27. The summed E-state index contributed by atoms with van der Waals surface area (Å²) in [6, 6.07) is 7.65. The number of Topliss-reactive ketones (excluding diaryl/α,β-unsaturated/α-hetero) is 1. The molecular formula is C16H18N2O2. The molecule has 4 heteroatoms. The molecule has 0 saturated carbocycles. The standard InChI is InChI=1S/C16H18N2O2/c1-16(2)8-7-12(19)13-14(17-18-15(13)16)10-5-4-6-11(9-10)20-3/h4-6,9H,7-8H2,1-3H3,(H,17,18). The number of nitrogens with one attached hydrogen (secondary N) is 1. The van der Waals surface area contributed by atoms with E-state index in [9.17, 15) is 4.79 Å². The molecular weight excluding hydrogens is 252 g/mol. The van der Waals surface area contributed by atoms with Crippen LogP contribution < -0.4 is 4.74 Å². The number of rotatable bonds is 2. The molecule has 2 aromatic rings. The number of H-pyrrole nitrogens is 1. The van der Waals surface area contributed by atoms with Crippen LogP contribution in [0.25, 0.3) is 11.3 Å². The van der Waals surface area contributed by atoms with E-state index in [1.807, 2.05) is 24.3 Å². The molecule has 4 nitrogen and oxygen atoms in total. The number of fused-ring (bicyclic) bond motifs is 1. The summed E-state index contributed by atoms with van der Waals surface area (Å²) in [5.74, 6) is 0.938. The lowest BCUT2D eigenvalue weighted by Gasteiger charge is -2.28. The molecule has 1 heterocycles. The monoisotopic (exact) mass is 270 g/mol. The number of hydrogen-bond donors (Lipinski definition) is 1. The van der Waals surface area contributed by atoms with E-state index in [0.717, 1.165) is 34.7 Å². The van der Waals surface area contributed by atoms with E-state index in [1.165, 1.54) is 0 Å². The Bertz CT molecular complexity index is 671. The summed E-state index contributed by atoms with van der Waals surface area (Å²) in [6.45, 7) is 4.29. The van der Waals surface area contributed by atoms with Crippen LogP contribution in [0.4, 0.5) is 0 Å². The first-order valence-electron chi connectivity index (χ1n) is 6.79. The van der Waals surface area contributed by atoms with Crippen molar-refractivity contribution < 1.29 is 9.53 Å². The van der Waals surface area contributed by atoms with Crippen molar-refractivity contribution in [2.45, 2.75) is 32.1 Å². The molecule has 0 unspecified atom stereocenters. The largest absolute Gasteiger partial charge is 0.497 e. The van der Waals surface area contributed by atoms with E-state index in [-0.39, 0.29) is 11.2 Å². The van der Waals surface area contributed by atoms with Gasteiger partial charge < -0.3 is 4.74 Å². The fourth-order valence-corrected chi connectivity index (χ4v) is 2.76. The minimum Gasteiger partial charge on any atom is -0.497 e. The molecule has 1 aromatic carbocycles. The fraction of sp³-hybridized carbons (Fsp3) is 0.375. The van der Waals surface area contributed by atoms with Crippen LogP contribution in [0, 0.1) is 0 Å². The molecule has 0 atom stereocenters. The number of carbonyl (C=O) groups is 1. The van der Waals surface area contributed by atoms with E-state index >= 15 is 0 Å². The summed E-state index contributed by atoms with van der Waals surface area (Å²) in [6.07, 6.45) is 1.44. The second kappa shape index (κ2) is 4.47. The zero-order valence-electron chi connectivity index (χ0n) is 12.0.